The second-order valence-electron chi connectivity index (χ2n) is 7.32. The maximum absolute atomic E-state index is 5.93. The van der Waals surface area contributed by atoms with Gasteiger partial charge in [-0.1, -0.05) is 0 Å². The molecule has 0 amide bonds. The average Bonchev–Trinajstić information content (AvgIpc) is 3.04. The van der Waals surface area contributed by atoms with Gasteiger partial charge >= 0.3 is 0 Å². The van der Waals surface area contributed by atoms with Gasteiger partial charge in [-0.3, -0.25) is 4.99 Å². The van der Waals surface area contributed by atoms with Crippen molar-refractivity contribution < 1.29 is 9.47 Å². The van der Waals surface area contributed by atoms with Crippen molar-refractivity contribution in [3.63, 3.8) is 0 Å². The Morgan fingerprint density at radius 2 is 2.00 bits per heavy atom. The summed E-state index contributed by atoms with van der Waals surface area (Å²) < 4.78 is 11.7. The van der Waals surface area contributed by atoms with Crippen LogP contribution in [0.15, 0.2) is 4.99 Å². The second kappa shape index (κ2) is 8.85. The minimum absolute atomic E-state index is 0.137. The Morgan fingerprint density at radius 3 is 2.65 bits per heavy atom. The van der Waals surface area contributed by atoms with Gasteiger partial charge in [0.25, 0.3) is 0 Å². The summed E-state index contributed by atoms with van der Waals surface area (Å²) in [6.45, 7) is 14.6. The smallest absolute Gasteiger partial charge is 0.194 e. The van der Waals surface area contributed by atoms with E-state index in [1.165, 1.54) is 0 Å². The molecule has 0 aromatic carbocycles. The van der Waals surface area contributed by atoms with E-state index in [2.05, 4.69) is 43.2 Å². The Labute approximate surface area is 141 Å². The van der Waals surface area contributed by atoms with E-state index in [-0.39, 0.29) is 17.7 Å². The van der Waals surface area contributed by atoms with Crippen molar-refractivity contribution in [2.75, 3.05) is 45.9 Å². The Kier molecular flexibility index (Phi) is 7.11. The van der Waals surface area contributed by atoms with Gasteiger partial charge in [-0.2, -0.15) is 0 Å². The Balaban J connectivity index is 1.87. The van der Waals surface area contributed by atoms with Gasteiger partial charge in [0.05, 0.1) is 19.3 Å². The summed E-state index contributed by atoms with van der Waals surface area (Å²) in [4.78, 5) is 7.09. The summed E-state index contributed by atoms with van der Waals surface area (Å²) in [6.07, 6.45) is 2.69. The van der Waals surface area contributed by atoms with Crippen LogP contribution in [-0.2, 0) is 9.47 Å². The van der Waals surface area contributed by atoms with Gasteiger partial charge in [-0.15, -0.1) is 0 Å². The number of rotatable bonds is 5. The topological polar surface area (TPSA) is 58.1 Å². The van der Waals surface area contributed by atoms with Crippen LogP contribution in [0.25, 0.3) is 0 Å². The molecule has 2 aliphatic heterocycles. The Bertz CT molecular complexity index is 375. The van der Waals surface area contributed by atoms with Gasteiger partial charge in [0.2, 0.25) is 0 Å². The fourth-order valence-electron chi connectivity index (χ4n) is 3.01. The summed E-state index contributed by atoms with van der Waals surface area (Å²) >= 11 is 0. The molecule has 2 unspecified atom stereocenters. The Morgan fingerprint density at radius 1 is 1.22 bits per heavy atom. The molecular weight excluding hydrogens is 292 g/mol. The third-order valence-corrected chi connectivity index (χ3v) is 4.14. The maximum atomic E-state index is 5.93. The van der Waals surface area contributed by atoms with Crippen LogP contribution in [-0.4, -0.2) is 74.5 Å². The molecule has 0 saturated carbocycles. The van der Waals surface area contributed by atoms with Crippen LogP contribution in [0.1, 0.15) is 40.5 Å². The van der Waals surface area contributed by atoms with Gasteiger partial charge in [0.1, 0.15) is 6.10 Å². The fourth-order valence-corrected chi connectivity index (χ4v) is 3.01. The zero-order valence-corrected chi connectivity index (χ0v) is 15.2. The average molecular weight is 326 g/mol. The molecule has 2 heterocycles. The predicted molar refractivity (Wildman–Crippen MR) is 94.0 cm³/mol. The zero-order valence-electron chi connectivity index (χ0n) is 15.2. The quantitative estimate of drug-likeness (QED) is 0.452. The number of ether oxygens (including phenoxy) is 2. The van der Waals surface area contributed by atoms with Gasteiger partial charge in [-0.05, 0) is 40.5 Å². The lowest BCUT2D eigenvalue weighted by Gasteiger charge is -2.37. The van der Waals surface area contributed by atoms with Crippen molar-refractivity contribution in [2.24, 2.45) is 4.99 Å². The SMILES string of the molecule is CCNC(=NCCNC(C)(C)C)N1CCOC(C2CCCO2)C1. The van der Waals surface area contributed by atoms with Crippen LogP contribution < -0.4 is 10.6 Å². The molecule has 23 heavy (non-hydrogen) atoms. The van der Waals surface area contributed by atoms with Crippen molar-refractivity contribution in [1.29, 1.82) is 0 Å². The van der Waals surface area contributed by atoms with Crippen molar-refractivity contribution in [2.45, 2.75) is 58.3 Å². The molecule has 2 atom stereocenters. The number of aliphatic imine (C=N–C) groups is 1. The van der Waals surface area contributed by atoms with Crippen LogP contribution in [0, 0.1) is 0 Å². The lowest BCUT2D eigenvalue weighted by atomic mass is 10.1. The van der Waals surface area contributed by atoms with Crippen LogP contribution in [0.3, 0.4) is 0 Å². The van der Waals surface area contributed by atoms with E-state index in [4.69, 9.17) is 14.5 Å². The van der Waals surface area contributed by atoms with Gasteiger partial charge in [-0.25, -0.2) is 0 Å². The number of nitrogens with one attached hydrogen (secondary N) is 2. The fraction of sp³-hybridized carbons (Fsp3) is 0.941. The molecule has 2 rings (SSSR count). The summed E-state index contributed by atoms with van der Waals surface area (Å²) in [5.41, 5.74) is 0.137. The molecule has 0 aromatic heterocycles. The number of hydrogen-bond donors (Lipinski definition) is 2. The molecule has 134 valence electrons. The minimum atomic E-state index is 0.137. The van der Waals surface area contributed by atoms with Crippen LogP contribution in [0.5, 0.6) is 0 Å². The van der Waals surface area contributed by atoms with Crippen LogP contribution in [0.4, 0.5) is 0 Å². The van der Waals surface area contributed by atoms with E-state index in [0.717, 1.165) is 64.7 Å². The first kappa shape index (κ1) is 18.5. The highest BCUT2D eigenvalue weighted by molar-refractivity contribution is 5.80. The number of morpholine rings is 1. The monoisotopic (exact) mass is 326 g/mol. The molecule has 2 N–H and O–H groups in total. The zero-order chi connectivity index (χ0) is 16.7. The molecular formula is C17H34N4O2. The molecule has 2 fully saturated rings. The molecule has 2 aliphatic rings. The lowest BCUT2D eigenvalue weighted by molar-refractivity contribution is -0.0817. The summed E-state index contributed by atoms with van der Waals surface area (Å²) in [5, 5.41) is 6.89. The number of guanidine groups is 1. The molecule has 6 nitrogen and oxygen atoms in total. The number of nitrogens with zero attached hydrogens (tertiary/aromatic N) is 2. The molecule has 0 aromatic rings. The second-order valence-corrected chi connectivity index (χ2v) is 7.32. The molecule has 0 radical (unpaired) electrons. The van der Waals surface area contributed by atoms with Crippen molar-refractivity contribution >= 4 is 5.96 Å². The van der Waals surface area contributed by atoms with E-state index < -0.39 is 0 Å². The van der Waals surface area contributed by atoms with Crippen molar-refractivity contribution in [3.8, 4) is 0 Å². The highest BCUT2D eigenvalue weighted by atomic mass is 16.5. The lowest BCUT2D eigenvalue weighted by Crippen LogP contribution is -2.53. The first-order valence-electron chi connectivity index (χ1n) is 9.01. The summed E-state index contributed by atoms with van der Waals surface area (Å²) in [5.74, 6) is 0.995. The van der Waals surface area contributed by atoms with E-state index in [0.29, 0.717) is 0 Å². The van der Waals surface area contributed by atoms with E-state index in [1.807, 2.05) is 0 Å². The normalized spacial score (nSPS) is 26.6. The number of hydrogen-bond acceptors (Lipinski definition) is 4. The van der Waals surface area contributed by atoms with Crippen LogP contribution >= 0.6 is 0 Å². The van der Waals surface area contributed by atoms with E-state index >= 15 is 0 Å². The van der Waals surface area contributed by atoms with E-state index in [9.17, 15) is 0 Å². The highest BCUT2D eigenvalue weighted by Gasteiger charge is 2.32. The first-order valence-corrected chi connectivity index (χ1v) is 9.01. The van der Waals surface area contributed by atoms with Crippen LogP contribution in [0.2, 0.25) is 0 Å². The van der Waals surface area contributed by atoms with Gasteiger partial charge in [0, 0.05) is 38.3 Å². The summed E-state index contributed by atoms with van der Waals surface area (Å²) in [7, 11) is 0. The highest BCUT2D eigenvalue weighted by Crippen LogP contribution is 2.21. The van der Waals surface area contributed by atoms with E-state index in [1.54, 1.807) is 0 Å². The van der Waals surface area contributed by atoms with Gasteiger partial charge in [0.15, 0.2) is 5.96 Å². The molecule has 2 saturated heterocycles. The molecule has 0 bridgehead atoms. The maximum Gasteiger partial charge on any atom is 0.194 e. The Hall–Kier alpha value is -0.850. The third-order valence-electron chi connectivity index (χ3n) is 4.14. The first-order chi connectivity index (χ1) is 11.0. The van der Waals surface area contributed by atoms with Crippen molar-refractivity contribution in [3.05, 3.63) is 0 Å². The largest absolute Gasteiger partial charge is 0.375 e. The van der Waals surface area contributed by atoms with Gasteiger partial charge < -0.3 is 25.0 Å². The predicted octanol–water partition coefficient (Wildman–Crippen LogP) is 1.22. The third kappa shape index (κ3) is 6.28. The summed E-state index contributed by atoms with van der Waals surface area (Å²) in [6, 6.07) is 0. The minimum Gasteiger partial charge on any atom is -0.375 e. The standard InChI is InChI=1S/C17H34N4O2/c1-5-18-16(19-8-9-20-17(2,3)4)21-10-12-23-15(13-21)14-7-6-11-22-14/h14-15,20H,5-13H2,1-4H3,(H,18,19). The molecule has 6 heteroatoms. The molecule has 0 spiro atoms. The van der Waals surface area contributed by atoms with Crippen molar-refractivity contribution in [1.82, 2.24) is 15.5 Å². The molecule has 0 aliphatic carbocycles.